The van der Waals surface area contributed by atoms with Gasteiger partial charge in [0.25, 0.3) is 5.56 Å². The molecule has 0 amide bonds. The molecule has 2 aromatic heterocycles. The molecule has 0 bridgehead atoms. The molecule has 0 radical (unpaired) electrons. The lowest BCUT2D eigenvalue weighted by molar-refractivity contribution is -0.172. The van der Waals surface area contributed by atoms with E-state index in [1.165, 1.54) is 0 Å². The van der Waals surface area contributed by atoms with Gasteiger partial charge in [0.05, 0.1) is 29.0 Å². The maximum atomic E-state index is 13.3. The van der Waals surface area contributed by atoms with Gasteiger partial charge in [-0.05, 0) is 36.2 Å². The van der Waals surface area contributed by atoms with Gasteiger partial charge in [-0.1, -0.05) is 38.7 Å². The van der Waals surface area contributed by atoms with Crippen molar-refractivity contribution < 1.29 is 14.6 Å². The Kier molecular flexibility index (Phi) is 4.90. The van der Waals surface area contributed by atoms with E-state index in [1.807, 2.05) is 12.1 Å². The number of hydrogen-bond donors (Lipinski definition) is 2. The minimum absolute atomic E-state index is 0.0678. The first-order valence-electron chi connectivity index (χ1n) is 11.4. The second-order valence-electron chi connectivity index (χ2n) is 10.4. The van der Waals surface area contributed by atoms with Crippen LogP contribution in [0.1, 0.15) is 41.6 Å². The third kappa shape index (κ3) is 3.36. The molecule has 2 aliphatic rings. The van der Waals surface area contributed by atoms with Gasteiger partial charge in [0.1, 0.15) is 6.61 Å². The zero-order chi connectivity index (χ0) is 23.7. The van der Waals surface area contributed by atoms with Crippen LogP contribution in [0.25, 0.3) is 22.3 Å². The largest absolute Gasteiger partial charge is 0.458 e. The molecular formula is C25H29N3O4Si. The molecule has 33 heavy (non-hydrogen) atoms. The van der Waals surface area contributed by atoms with Gasteiger partial charge in [-0.25, -0.2) is 9.78 Å². The van der Waals surface area contributed by atoms with E-state index in [1.54, 1.807) is 17.6 Å². The van der Waals surface area contributed by atoms with Crippen molar-refractivity contribution in [2.45, 2.75) is 63.8 Å². The molecule has 172 valence electrons. The number of hydrogen-bond acceptors (Lipinski definition) is 6. The van der Waals surface area contributed by atoms with Gasteiger partial charge >= 0.3 is 5.97 Å². The molecule has 8 heteroatoms. The van der Waals surface area contributed by atoms with Gasteiger partial charge < -0.3 is 20.1 Å². The summed E-state index contributed by atoms with van der Waals surface area (Å²) in [7, 11) is -1.36. The first-order valence-corrected chi connectivity index (χ1v) is 15.1. The number of carbonyl (C=O) groups excluding carboxylic acids is 1. The highest BCUT2D eigenvalue weighted by Gasteiger charge is 2.45. The summed E-state index contributed by atoms with van der Waals surface area (Å²) < 4.78 is 6.80. The number of benzene rings is 1. The van der Waals surface area contributed by atoms with Gasteiger partial charge in [-0.3, -0.25) is 4.79 Å². The molecule has 0 saturated carbocycles. The van der Waals surface area contributed by atoms with Crippen LogP contribution in [-0.2, 0) is 28.3 Å². The topological polar surface area (TPSA) is 107 Å². The van der Waals surface area contributed by atoms with E-state index in [2.05, 4.69) is 31.8 Å². The second kappa shape index (κ2) is 7.35. The number of carbonyl (C=O) groups is 1. The lowest BCUT2D eigenvalue weighted by Crippen LogP contribution is -2.44. The number of nitrogens with two attached hydrogens (primary N) is 1. The van der Waals surface area contributed by atoms with Crippen molar-refractivity contribution in [2.75, 3.05) is 0 Å². The molecule has 7 nitrogen and oxygen atoms in total. The highest BCUT2D eigenvalue weighted by Crippen LogP contribution is 2.39. The summed E-state index contributed by atoms with van der Waals surface area (Å²) in [6, 6.07) is 10.7. The fourth-order valence-corrected chi connectivity index (χ4v) is 6.66. The van der Waals surface area contributed by atoms with Crippen LogP contribution < -0.4 is 11.3 Å². The van der Waals surface area contributed by atoms with E-state index in [0.717, 1.165) is 28.1 Å². The van der Waals surface area contributed by atoms with Crippen molar-refractivity contribution in [2.24, 2.45) is 5.73 Å². The number of aliphatic hydroxyl groups is 1. The molecule has 0 unspecified atom stereocenters. The van der Waals surface area contributed by atoms with E-state index < -0.39 is 19.6 Å². The smallest absolute Gasteiger partial charge is 0.343 e. The molecule has 4 heterocycles. The predicted octanol–water partition coefficient (Wildman–Crippen LogP) is 3.42. The average Bonchev–Trinajstić information content (AvgIpc) is 3.11. The van der Waals surface area contributed by atoms with Crippen LogP contribution in [0.5, 0.6) is 0 Å². The van der Waals surface area contributed by atoms with Crippen LogP contribution in [-0.4, -0.2) is 28.7 Å². The Morgan fingerprint density at radius 1 is 1.27 bits per heavy atom. The summed E-state index contributed by atoms with van der Waals surface area (Å²) in [5.41, 5.74) is 9.36. The monoisotopic (exact) mass is 463 g/mol. The third-order valence-corrected chi connectivity index (χ3v) is 8.48. The van der Waals surface area contributed by atoms with Gasteiger partial charge in [0.15, 0.2) is 5.60 Å². The molecule has 2 aliphatic heterocycles. The van der Waals surface area contributed by atoms with Crippen molar-refractivity contribution >= 4 is 24.9 Å². The van der Waals surface area contributed by atoms with Crippen LogP contribution in [0.3, 0.4) is 0 Å². The van der Waals surface area contributed by atoms with Crippen molar-refractivity contribution in [1.29, 1.82) is 0 Å². The van der Waals surface area contributed by atoms with Crippen LogP contribution in [0, 0.1) is 0 Å². The van der Waals surface area contributed by atoms with Crippen molar-refractivity contribution in [3.8, 4) is 11.4 Å². The standard InChI is InChI=1S/C25H29N3O4Si/c1-5-25(31)18-10-21-22-14(11-28(21)23(29)17(18)12-32-24(25)30)9-16-15(7-6-8-20(16)27-22)19(26)13-33(2,3)4/h6-10,19,31H,5,11-13,26H2,1-4H3/t19-,25+/m1/s1. The first kappa shape index (κ1) is 22.0. The van der Waals surface area contributed by atoms with Crippen LogP contribution in [0.15, 0.2) is 35.1 Å². The van der Waals surface area contributed by atoms with E-state index in [-0.39, 0.29) is 24.6 Å². The number of pyridine rings is 2. The van der Waals surface area contributed by atoms with E-state index in [9.17, 15) is 14.7 Å². The Balaban J connectivity index is 1.68. The highest BCUT2D eigenvalue weighted by molar-refractivity contribution is 6.76. The predicted molar refractivity (Wildman–Crippen MR) is 130 cm³/mol. The third-order valence-electron chi connectivity index (χ3n) is 6.82. The minimum Gasteiger partial charge on any atom is -0.458 e. The molecular weight excluding hydrogens is 434 g/mol. The van der Waals surface area contributed by atoms with E-state index in [4.69, 9.17) is 15.5 Å². The highest BCUT2D eigenvalue weighted by atomic mass is 28.3. The van der Waals surface area contributed by atoms with Gasteiger partial charge in [-0.15, -0.1) is 0 Å². The average molecular weight is 464 g/mol. The number of rotatable bonds is 4. The molecule has 0 spiro atoms. The summed E-state index contributed by atoms with van der Waals surface area (Å²) in [6.45, 7) is 8.89. The lowest BCUT2D eigenvalue weighted by Gasteiger charge is -2.31. The zero-order valence-corrected chi connectivity index (χ0v) is 20.4. The molecule has 0 aliphatic carbocycles. The second-order valence-corrected chi connectivity index (χ2v) is 15.9. The summed E-state index contributed by atoms with van der Waals surface area (Å²) >= 11 is 0. The molecule has 1 aromatic carbocycles. The summed E-state index contributed by atoms with van der Waals surface area (Å²) in [6.07, 6.45) is 0.123. The normalized spacial score (nSPS) is 20.2. The molecule has 3 N–H and O–H groups in total. The van der Waals surface area contributed by atoms with Crippen molar-refractivity contribution in [3.05, 3.63) is 62.9 Å². The van der Waals surface area contributed by atoms with Gasteiger partial charge in [0, 0.05) is 30.6 Å². The molecule has 5 rings (SSSR count). The fraction of sp³-hybridized carbons (Fsp3) is 0.400. The van der Waals surface area contributed by atoms with Crippen LogP contribution >= 0.6 is 0 Å². The van der Waals surface area contributed by atoms with Gasteiger partial charge in [0.2, 0.25) is 0 Å². The van der Waals surface area contributed by atoms with Crippen LogP contribution in [0.2, 0.25) is 25.7 Å². The first-order chi connectivity index (χ1) is 15.5. The fourth-order valence-electron chi connectivity index (χ4n) is 5.12. The van der Waals surface area contributed by atoms with Crippen LogP contribution in [0.4, 0.5) is 0 Å². The minimum atomic E-state index is -1.82. The summed E-state index contributed by atoms with van der Waals surface area (Å²) in [4.78, 5) is 30.6. The maximum Gasteiger partial charge on any atom is 0.343 e. The van der Waals surface area contributed by atoms with Crippen molar-refractivity contribution in [1.82, 2.24) is 9.55 Å². The maximum absolute atomic E-state index is 13.3. The number of fused-ring (bicyclic) bond motifs is 5. The Labute approximate surface area is 193 Å². The summed E-state index contributed by atoms with van der Waals surface area (Å²) in [5, 5.41) is 12.0. The molecule has 0 saturated heterocycles. The van der Waals surface area contributed by atoms with E-state index >= 15 is 0 Å². The summed E-state index contributed by atoms with van der Waals surface area (Å²) in [5.74, 6) is -0.715. The Hall–Kier alpha value is -2.81. The lowest BCUT2D eigenvalue weighted by atomic mass is 9.86. The SMILES string of the molecule is CC[C@@]1(O)C(=O)OCc2c1cc1n(c2=O)Cc2cc3c([C@H](N)C[Si](C)(C)C)cccc3nc2-1. The number of ether oxygens (including phenoxy) is 1. The Morgan fingerprint density at radius 3 is 2.73 bits per heavy atom. The number of esters is 1. The van der Waals surface area contributed by atoms with Gasteiger partial charge in [-0.2, -0.15) is 0 Å². The number of nitrogens with zero attached hydrogens (tertiary/aromatic N) is 2. The molecule has 0 fully saturated rings. The Bertz CT molecular complexity index is 1370. The number of cyclic esters (lactones) is 1. The van der Waals surface area contributed by atoms with Crippen molar-refractivity contribution in [3.63, 3.8) is 0 Å². The molecule has 2 atom stereocenters. The number of aromatic nitrogens is 2. The van der Waals surface area contributed by atoms with E-state index in [0.29, 0.717) is 29.1 Å². The Morgan fingerprint density at radius 2 is 2.03 bits per heavy atom. The zero-order valence-electron chi connectivity index (χ0n) is 19.4. The molecule has 3 aromatic rings. The quantitative estimate of drug-likeness (QED) is 0.355.